The highest BCUT2D eigenvalue weighted by atomic mass is 32.1. The summed E-state index contributed by atoms with van der Waals surface area (Å²) in [7, 11) is 1.63. The molecule has 146 valence electrons. The smallest absolute Gasteiger partial charge is 0.226 e. The average Bonchev–Trinajstić information content (AvgIpc) is 3.15. The summed E-state index contributed by atoms with van der Waals surface area (Å²) in [4.78, 5) is 18.5. The Morgan fingerprint density at radius 1 is 1.14 bits per heavy atom. The monoisotopic (exact) mass is 395 g/mol. The van der Waals surface area contributed by atoms with Gasteiger partial charge in [0.15, 0.2) is 0 Å². The van der Waals surface area contributed by atoms with Gasteiger partial charge in [0.1, 0.15) is 10.8 Å². The molecule has 0 bridgehead atoms. The quantitative estimate of drug-likeness (QED) is 0.607. The number of hydrogen-bond acceptors (Lipinski definition) is 5. The van der Waals surface area contributed by atoms with E-state index >= 15 is 0 Å². The molecule has 28 heavy (non-hydrogen) atoms. The molecular weight excluding hydrogens is 370 g/mol. The number of phenolic OH excluding ortho intramolecular Hbond substituents is 1. The van der Waals surface area contributed by atoms with Crippen LogP contribution in [0.25, 0.3) is 0 Å². The third-order valence-electron chi connectivity index (χ3n) is 4.75. The van der Waals surface area contributed by atoms with E-state index in [1.165, 1.54) is 16.9 Å². The lowest BCUT2D eigenvalue weighted by atomic mass is 10.1. The first-order valence-electron chi connectivity index (χ1n) is 9.26. The number of amides is 1. The van der Waals surface area contributed by atoms with E-state index in [1.54, 1.807) is 13.1 Å². The molecule has 1 aromatic heterocycles. The molecule has 5 nitrogen and oxygen atoms in total. The summed E-state index contributed by atoms with van der Waals surface area (Å²) in [6, 6.07) is 17.9. The van der Waals surface area contributed by atoms with Gasteiger partial charge in [-0.2, -0.15) is 0 Å². The summed E-state index contributed by atoms with van der Waals surface area (Å²) < 4.78 is 0. The van der Waals surface area contributed by atoms with Crippen molar-refractivity contribution < 1.29 is 9.90 Å². The largest absolute Gasteiger partial charge is 0.508 e. The summed E-state index contributed by atoms with van der Waals surface area (Å²) in [5.41, 5.74) is 3.02. The summed E-state index contributed by atoms with van der Waals surface area (Å²) in [6.45, 7) is 3.40. The van der Waals surface area contributed by atoms with Crippen LogP contribution in [0.15, 0.2) is 60.0 Å². The molecule has 0 spiro atoms. The lowest BCUT2D eigenvalue weighted by molar-refractivity contribution is -0.119. The highest BCUT2D eigenvalue weighted by molar-refractivity contribution is 7.09. The molecule has 3 aromatic rings. The number of thiazole rings is 1. The molecule has 6 heteroatoms. The van der Waals surface area contributed by atoms with Gasteiger partial charge in [-0.05, 0) is 18.6 Å². The first-order chi connectivity index (χ1) is 13.6. The number of carbonyl (C=O) groups is 1. The Balaban J connectivity index is 1.82. The Morgan fingerprint density at radius 3 is 2.57 bits per heavy atom. The van der Waals surface area contributed by atoms with Gasteiger partial charge in [-0.15, -0.1) is 11.3 Å². The van der Waals surface area contributed by atoms with Crippen molar-refractivity contribution in [2.24, 2.45) is 0 Å². The van der Waals surface area contributed by atoms with Crippen LogP contribution in [0.4, 0.5) is 0 Å². The fourth-order valence-corrected chi connectivity index (χ4v) is 3.86. The van der Waals surface area contributed by atoms with Gasteiger partial charge >= 0.3 is 0 Å². The zero-order valence-electron chi connectivity index (χ0n) is 16.1. The Morgan fingerprint density at radius 2 is 1.86 bits per heavy atom. The molecule has 2 aromatic carbocycles. The fraction of sp³-hybridized carbons (Fsp3) is 0.273. The van der Waals surface area contributed by atoms with Crippen molar-refractivity contribution in [3.8, 4) is 5.75 Å². The minimum Gasteiger partial charge on any atom is -0.508 e. The van der Waals surface area contributed by atoms with Crippen molar-refractivity contribution in [1.82, 2.24) is 15.2 Å². The number of nitrogens with one attached hydrogen (secondary N) is 1. The Labute approximate surface area is 169 Å². The number of likely N-dealkylation sites (N-methyl/N-ethyl adjacent to an activating group) is 1. The Hall–Kier alpha value is -2.70. The van der Waals surface area contributed by atoms with Crippen LogP contribution in [0.5, 0.6) is 5.75 Å². The van der Waals surface area contributed by atoms with E-state index in [1.807, 2.05) is 41.8 Å². The summed E-state index contributed by atoms with van der Waals surface area (Å²) in [5, 5.41) is 15.7. The molecular formula is C22H25N3O2S. The molecule has 0 fully saturated rings. The maximum atomic E-state index is 11.6. The summed E-state index contributed by atoms with van der Waals surface area (Å²) in [6.07, 6.45) is 0.300. The van der Waals surface area contributed by atoms with E-state index < -0.39 is 0 Å². The molecule has 1 unspecified atom stereocenters. The number of benzene rings is 2. The lowest BCUT2D eigenvalue weighted by Crippen LogP contribution is -2.26. The molecule has 0 aliphatic carbocycles. The Kier molecular flexibility index (Phi) is 6.79. The molecule has 0 aliphatic heterocycles. The molecule has 2 N–H and O–H groups in total. The normalized spacial score (nSPS) is 12.1. The number of nitrogens with zero attached hydrogens (tertiary/aromatic N) is 2. The van der Waals surface area contributed by atoms with E-state index in [4.69, 9.17) is 0 Å². The van der Waals surface area contributed by atoms with Crippen molar-refractivity contribution in [3.63, 3.8) is 0 Å². The molecule has 0 aliphatic rings. The number of hydrogen-bond donors (Lipinski definition) is 2. The van der Waals surface area contributed by atoms with Gasteiger partial charge in [-0.3, -0.25) is 9.69 Å². The zero-order valence-corrected chi connectivity index (χ0v) is 16.9. The van der Waals surface area contributed by atoms with Crippen molar-refractivity contribution in [2.75, 3.05) is 7.05 Å². The van der Waals surface area contributed by atoms with E-state index in [0.29, 0.717) is 25.3 Å². The van der Waals surface area contributed by atoms with Crippen molar-refractivity contribution in [2.45, 2.75) is 32.5 Å². The maximum absolute atomic E-state index is 11.6. The highest BCUT2D eigenvalue weighted by Crippen LogP contribution is 2.27. The number of aromatic nitrogens is 1. The molecule has 0 radical (unpaired) electrons. The molecule has 1 atom stereocenters. The fourth-order valence-electron chi connectivity index (χ4n) is 3.07. The van der Waals surface area contributed by atoms with Crippen LogP contribution in [0.3, 0.4) is 0 Å². The number of rotatable bonds is 8. The van der Waals surface area contributed by atoms with Gasteiger partial charge in [-0.25, -0.2) is 4.98 Å². The zero-order chi connectivity index (χ0) is 19.9. The van der Waals surface area contributed by atoms with Gasteiger partial charge in [-0.1, -0.05) is 48.5 Å². The van der Waals surface area contributed by atoms with Crippen molar-refractivity contribution in [1.29, 1.82) is 0 Å². The van der Waals surface area contributed by atoms with Crippen LogP contribution < -0.4 is 5.32 Å². The predicted molar refractivity (Wildman–Crippen MR) is 112 cm³/mol. The van der Waals surface area contributed by atoms with Crippen LogP contribution in [0, 0.1) is 0 Å². The van der Waals surface area contributed by atoms with Gasteiger partial charge in [0.25, 0.3) is 0 Å². The molecule has 1 heterocycles. The average molecular weight is 396 g/mol. The first-order valence-corrected chi connectivity index (χ1v) is 10.1. The minimum absolute atomic E-state index is 0.0374. The first kappa shape index (κ1) is 20.0. The van der Waals surface area contributed by atoms with E-state index in [0.717, 1.165) is 16.3 Å². The van der Waals surface area contributed by atoms with E-state index in [-0.39, 0.29) is 11.9 Å². The maximum Gasteiger partial charge on any atom is 0.226 e. The summed E-state index contributed by atoms with van der Waals surface area (Å²) in [5.74, 6) is 0.260. The number of phenols is 1. The van der Waals surface area contributed by atoms with Crippen LogP contribution >= 0.6 is 11.3 Å². The van der Waals surface area contributed by atoms with Crippen molar-refractivity contribution >= 4 is 17.2 Å². The van der Waals surface area contributed by atoms with Crippen LogP contribution in [0.2, 0.25) is 0 Å². The molecule has 3 rings (SSSR count). The van der Waals surface area contributed by atoms with Gasteiger partial charge in [0.05, 0.1) is 12.1 Å². The molecule has 1 amide bonds. The minimum atomic E-state index is -0.0374. The van der Waals surface area contributed by atoms with E-state index in [2.05, 4.69) is 34.3 Å². The van der Waals surface area contributed by atoms with Crippen molar-refractivity contribution in [3.05, 3.63) is 81.8 Å². The number of para-hydroxylation sites is 1. The number of aromatic hydroxyl groups is 1. The van der Waals surface area contributed by atoms with Crippen LogP contribution in [0.1, 0.15) is 34.8 Å². The van der Waals surface area contributed by atoms with Crippen LogP contribution in [-0.4, -0.2) is 27.9 Å². The van der Waals surface area contributed by atoms with Gasteiger partial charge in [0, 0.05) is 37.1 Å². The highest BCUT2D eigenvalue weighted by Gasteiger charge is 2.19. The molecule has 0 saturated heterocycles. The topological polar surface area (TPSA) is 65.5 Å². The second-order valence-electron chi connectivity index (χ2n) is 6.70. The van der Waals surface area contributed by atoms with E-state index in [9.17, 15) is 9.90 Å². The standard InChI is InChI=1S/C22H25N3O2S/c1-16(17-8-4-3-5-9-17)25(13-18-10-6-7-11-20(18)26)14-19-15-28-22(24-19)12-21(27)23-2/h3-11,15-16,26H,12-14H2,1-2H3,(H,23,27). The van der Waals surface area contributed by atoms with Gasteiger partial charge < -0.3 is 10.4 Å². The second-order valence-corrected chi connectivity index (χ2v) is 7.65. The Bertz CT molecular complexity index is 911. The van der Waals surface area contributed by atoms with Gasteiger partial charge in [0.2, 0.25) is 5.91 Å². The number of carbonyl (C=O) groups excluding carboxylic acids is 1. The summed E-state index contributed by atoms with van der Waals surface area (Å²) >= 11 is 1.50. The third kappa shape index (κ3) is 5.18. The SMILES string of the molecule is CNC(=O)Cc1nc(CN(Cc2ccccc2O)C(C)c2ccccc2)cs1. The second kappa shape index (κ2) is 9.48. The van der Waals surface area contributed by atoms with Crippen LogP contribution in [-0.2, 0) is 24.3 Å². The molecule has 0 saturated carbocycles. The predicted octanol–water partition coefficient (Wildman–Crippen LogP) is 3.90. The lowest BCUT2D eigenvalue weighted by Gasteiger charge is -2.29. The third-order valence-corrected chi connectivity index (χ3v) is 5.65.